The molecule has 2 aromatic heterocycles. The number of aromatic hydroxyl groups is 1. The van der Waals surface area contributed by atoms with Crippen LogP contribution in [0, 0.1) is 11.6 Å². The molecule has 1 atom stereocenters. The number of amides is 2. The van der Waals surface area contributed by atoms with E-state index in [1.165, 1.54) is 54.6 Å². The number of methoxy groups -OCH3 is 2. The van der Waals surface area contributed by atoms with Gasteiger partial charge in [0.1, 0.15) is 45.6 Å². The van der Waals surface area contributed by atoms with Crippen LogP contribution in [0.5, 0.6) is 23.0 Å². The topological polar surface area (TPSA) is 203 Å². The van der Waals surface area contributed by atoms with Crippen LogP contribution in [0.1, 0.15) is 112 Å². The van der Waals surface area contributed by atoms with Gasteiger partial charge in [0.05, 0.1) is 56.0 Å². The van der Waals surface area contributed by atoms with Crippen molar-refractivity contribution in [2.45, 2.75) is 83.4 Å². The minimum absolute atomic E-state index is 0.0158. The predicted molar refractivity (Wildman–Crippen MR) is 333 cm³/mol. The van der Waals surface area contributed by atoms with Crippen molar-refractivity contribution in [2.75, 3.05) is 14.2 Å². The van der Waals surface area contributed by atoms with E-state index in [2.05, 4.69) is 68.4 Å². The van der Waals surface area contributed by atoms with Gasteiger partial charge in [-0.1, -0.05) is 118 Å². The van der Waals surface area contributed by atoms with Crippen molar-refractivity contribution in [3.63, 3.8) is 0 Å². The van der Waals surface area contributed by atoms with E-state index in [0.717, 1.165) is 10.9 Å². The lowest BCUT2D eigenvalue weighted by Gasteiger charge is -2.42. The van der Waals surface area contributed by atoms with Gasteiger partial charge in [0, 0.05) is 50.0 Å². The van der Waals surface area contributed by atoms with Crippen LogP contribution in [-0.2, 0) is 23.7 Å². The number of ketones is 2. The molecule has 0 radical (unpaired) electrons. The highest BCUT2D eigenvalue weighted by atomic mass is 35.5. The normalized spacial score (nSPS) is 15.3. The van der Waals surface area contributed by atoms with E-state index >= 15 is 0 Å². The summed E-state index contributed by atoms with van der Waals surface area (Å²) in [6, 6.07) is 31.4. The highest BCUT2D eigenvalue weighted by Gasteiger charge is 2.60. The molecule has 0 fully saturated rings. The highest BCUT2D eigenvalue weighted by molar-refractivity contribution is 6.84. The summed E-state index contributed by atoms with van der Waals surface area (Å²) in [5.74, 6) is -1.43. The second kappa shape index (κ2) is 25.7. The molecule has 11 rings (SSSR count). The maximum absolute atomic E-state index is 14.0. The number of hydrogen-bond donors (Lipinski definition) is 2. The molecule has 0 aliphatic carbocycles. The van der Waals surface area contributed by atoms with Crippen LogP contribution >= 0.6 is 34.8 Å². The molecule has 22 heteroatoms. The third-order valence-electron chi connectivity index (χ3n) is 15.7. The van der Waals surface area contributed by atoms with Crippen LogP contribution in [0.15, 0.2) is 151 Å². The molecule has 0 bridgehead atoms. The second-order valence-electron chi connectivity index (χ2n) is 21.6. The smallest absolute Gasteiger partial charge is 0.263 e. The third kappa shape index (κ3) is 11.7. The molecule has 0 saturated heterocycles. The number of pyridine rings is 2. The van der Waals surface area contributed by atoms with E-state index in [0.29, 0.717) is 82.6 Å². The Bertz CT molecular complexity index is 4060. The van der Waals surface area contributed by atoms with Crippen LogP contribution in [0.3, 0.4) is 0 Å². The van der Waals surface area contributed by atoms with Gasteiger partial charge in [0.25, 0.3) is 20.1 Å². The molecule has 3 aliphatic rings. The maximum Gasteiger partial charge on any atom is 0.263 e. The number of nitrogens with zero attached hydrogens (tertiary/aromatic N) is 6. The van der Waals surface area contributed by atoms with E-state index in [1.54, 1.807) is 91.0 Å². The van der Waals surface area contributed by atoms with Crippen LogP contribution < -0.4 is 13.9 Å². The quantitative estimate of drug-likeness (QED) is 0.0324. The zero-order valence-corrected chi connectivity index (χ0v) is 51.8. The van der Waals surface area contributed by atoms with Crippen LogP contribution in [0.2, 0.25) is 26.7 Å². The Balaban J connectivity index is 0.000000173. The molecule has 448 valence electrons. The number of phenols is 1. The molecular formula is C65H59Cl3F2N6O10Si. The Kier molecular flexibility index (Phi) is 18.5. The molecule has 5 heterocycles. The number of phenolic OH excluding ortho intramolecular Hbond substituents is 1. The first-order valence-corrected chi connectivity index (χ1v) is 30.7. The summed E-state index contributed by atoms with van der Waals surface area (Å²) in [6.45, 7) is 17.8. The maximum atomic E-state index is 14.0. The van der Waals surface area contributed by atoms with Crippen LogP contribution in [0.25, 0.3) is 27.5 Å². The van der Waals surface area contributed by atoms with Gasteiger partial charge in [0.2, 0.25) is 22.5 Å². The monoisotopic (exact) mass is 1250 g/mol. The molecule has 2 N–H and O–H groups in total. The van der Waals surface area contributed by atoms with Gasteiger partial charge in [-0.05, 0) is 125 Å². The number of ether oxygens (including phenoxy) is 2. The molecule has 0 saturated carbocycles. The SMILES string of the molecule is C=C1c2c(c(O[Si](C(C)C)(C(C)C)C(C)C)c3ncccc3c2OC)C(=O)N1Cc1ccc(F)cc1.COc1c2c(c(O)c3ncccc13)C(=O)N(Cc1ccc(F)cc1)C21CC(C(=O)c2ccc(Cl)cc2)=NO1.O=C(/C(Cl)=N/O)c1ccc(Cl)cc1. The summed E-state index contributed by atoms with van der Waals surface area (Å²) < 4.78 is 45.9. The summed E-state index contributed by atoms with van der Waals surface area (Å²) >= 11 is 16.9. The number of oxime groups is 2. The minimum atomic E-state index is -2.43. The van der Waals surface area contributed by atoms with Gasteiger partial charge in [-0.3, -0.25) is 34.0 Å². The van der Waals surface area contributed by atoms with E-state index in [9.17, 15) is 33.1 Å². The van der Waals surface area contributed by atoms with Gasteiger partial charge in [0.15, 0.2) is 5.75 Å². The largest absolute Gasteiger partial charge is 0.541 e. The summed E-state index contributed by atoms with van der Waals surface area (Å²) in [5.41, 5.74) is 4.11. The Morgan fingerprint density at radius 1 is 0.701 bits per heavy atom. The van der Waals surface area contributed by atoms with Crippen molar-refractivity contribution in [3.8, 4) is 23.0 Å². The number of fused-ring (bicyclic) bond motifs is 5. The molecule has 6 aromatic carbocycles. The average molecular weight is 1260 g/mol. The molecule has 2 amide bonds. The average Bonchev–Trinajstić information content (AvgIpc) is 1.58. The number of rotatable bonds is 15. The first kappa shape index (κ1) is 62.8. The zero-order chi connectivity index (χ0) is 62.8. The Hall–Kier alpha value is -8.75. The van der Waals surface area contributed by atoms with Crippen LogP contribution in [0.4, 0.5) is 8.78 Å². The van der Waals surface area contributed by atoms with Crippen molar-refractivity contribution in [1.82, 2.24) is 19.8 Å². The Morgan fingerprint density at radius 3 is 1.72 bits per heavy atom. The van der Waals surface area contributed by atoms with Gasteiger partial charge >= 0.3 is 0 Å². The molecular weight excluding hydrogens is 1200 g/mol. The molecule has 1 spiro atoms. The van der Waals surface area contributed by atoms with Crippen molar-refractivity contribution in [1.29, 1.82) is 0 Å². The minimum Gasteiger partial charge on any atom is -0.541 e. The summed E-state index contributed by atoms with van der Waals surface area (Å²) in [7, 11) is 0.603. The number of hydrogen-bond acceptors (Lipinski definition) is 14. The molecule has 8 aromatic rings. The number of halogens is 5. The number of carbonyl (C=O) groups excluding carboxylic acids is 4. The Labute approximate surface area is 516 Å². The lowest BCUT2D eigenvalue weighted by Crippen LogP contribution is -2.51. The lowest BCUT2D eigenvalue weighted by atomic mass is 9.90. The van der Waals surface area contributed by atoms with E-state index in [4.69, 9.17) is 58.7 Å². The van der Waals surface area contributed by atoms with Gasteiger partial charge in [-0.25, -0.2) is 8.78 Å². The van der Waals surface area contributed by atoms with Crippen molar-refractivity contribution >= 4 is 105 Å². The second-order valence-corrected chi connectivity index (χ2v) is 28.2. The van der Waals surface area contributed by atoms with Crippen molar-refractivity contribution in [2.24, 2.45) is 10.3 Å². The fourth-order valence-electron chi connectivity index (χ4n) is 11.7. The first-order valence-electron chi connectivity index (χ1n) is 27.4. The fraction of sp³-hybridized carbons (Fsp3) is 0.231. The number of carbonyl (C=O) groups is 4. The van der Waals surface area contributed by atoms with E-state index in [1.807, 2.05) is 12.1 Å². The number of aromatic nitrogens is 2. The Morgan fingerprint density at radius 2 is 1.21 bits per heavy atom. The predicted octanol–water partition coefficient (Wildman–Crippen LogP) is 15.3. The highest BCUT2D eigenvalue weighted by Crippen LogP contribution is 2.56. The molecule has 1 unspecified atom stereocenters. The van der Waals surface area contributed by atoms with E-state index in [-0.39, 0.29) is 65.1 Å². The zero-order valence-electron chi connectivity index (χ0n) is 48.5. The van der Waals surface area contributed by atoms with Gasteiger partial charge in [-0.2, -0.15) is 0 Å². The van der Waals surface area contributed by atoms with E-state index < -0.39 is 42.5 Å². The molecule has 87 heavy (non-hydrogen) atoms. The molecule has 16 nitrogen and oxygen atoms in total. The van der Waals surface area contributed by atoms with Gasteiger partial charge < -0.3 is 34.0 Å². The summed E-state index contributed by atoms with van der Waals surface area (Å²) in [5, 5.41) is 27.9. The number of benzene rings is 6. The molecule has 3 aliphatic heterocycles. The number of Topliss-reactive ketones (excluding diaryl/α,β-unsaturated/α-hetero) is 2. The lowest BCUT2D eigenvalue weighted by molar-refractivity contribution is -0.122. The first-order chi connectivity index (χ1) is 41.5. The van der Waals surface area contributed by atoms with Gasteiger partial charge in [-0.15, -0.1) is 0 Å². The van der Waals surface area contributed by atoms with Crippen molar-refractivity contribution < 1.29 is 57.0 Å². The summed E-state index contributed by atoms with van der Waals surface area (Å²) in [4.78, 5) is 70.5. The standard InChI is InChI=1S/C29H35FN2O3Si.C28H19ClFN3O5.C8H5Cl2NO2/c1-17(2)36(18(3)4,19(5)6)35-28-25-24(27(34-8)23-10-9-15-31-26(23)28)20(7)32(29(25)33)16-21-11-13-22(30)14-12-21;1-37-26-19-3-2-12-31-23(19)25(35)21-22(26)28(33(27(21)36)14-15-4-10-18(30)11-5-15)13-20(32-38-28)24(34)16-6-8-17(29)9-7-16;9-6-3-1-5(2-4-6)7(12)8(10)11-13/h9-15,17-19H,7,16H2,1-6,8H3;2-12,35H,13-14H2,1H3;1-4,13H/b;;11-8-. The fourth-order valence-corrected chi connectivity index (χ4v) is 17.3. The van der Waals surface area contributed by atoms with Crippen molar-refractivity contribution in [3.05, 3.63) is 206 Å². The van der Waals surface area contributed by atoms with Crippen LogP contribution in [-0.4, -0.2) is 86.9 Å². The third-order valence-corrected chi connectivity index (χ3v) is 22.4. The summed E-state index contributed by atoms with van der Waals surface area (Å²) in [6.07, 6.45) is 3.10.